The summed E-state index contributed by atoms with van der Waals surface area (Å²) in [5.41, 5.74) is 7.30. The van der Waals surface area contributed by atoms with Crippen LogP contribution in [0, 0.1) is 5.92 Å². The second-order valence-electron chi connectivity index (χ2n) is 6.25. The highest BCUT2D eigenvalue weighted by atomic mass is 32.2. The van der Waals surface area contributed by atoms with Gasteiger partial charge >= 0.3 is 0 Å². The molecule has 3 rings (SSSR count). The maximum Gasteiger partial charge on any atom is 0.263 e. The van der Waals surface area contributed by atoms with Crippen molar-refractivity contribution in [3.05, 3.63) is 48.5 Å². The molecule has 136 valence electrons. The van der Waals surface area contributed by atoms with Crippen molar-refractivity contribution in [1.82, 2.24) is 9.97 Å². The van der Waals surface area contributed by atoms with Gasteiger partial charge in [-0.2, -0.15) is 0 Å². The van der Waals surface area contributed by atoms with Crippen molar-refractivity contribution >= 4 is 32.6 Å². The minimum Gasteiger partial charge on any atom is -0.475 e. The standard InChI is InChI=1S/C18H20N4O3S/c1-12(2)11-25-18-17(20-15-5-3-4-6-16(15)21-18)22-26(23,24)14-9-7-13(19)8-10-14/h3-10,12H,11,19H2,1-2H3,(H,20,22). The lowest BCUT2D eigenvalue weighted by atomic mass is 10.2. The fourth-order valence-corrected chi connectivity index (χ4v) is 3.23. The summed E-state index contributed by atoms with van der Waals surface area (Å²) in [6, 6.07) is 13.1. The molecule has 0 aliphatic rings. The van der Waals surface area contributed by atoms with Gasteiger partial charge in [-0.05, 0) is 42.3 Å². The smallest absolute Gasteiger partial charge is 0.263 e. The number of fused-ring (bicyclic) bond motifs is 1. The number of benzene rings is 2. The number of nitrogens with one attached hydrogen (secondary N) is 1. The molecule has 0 saturated carbocycles. The molecule has 0 radical (unpaired) electrons. The zero-order valence-corrected chi connectivity index (χ0v) is 15.3. The van der Waals surface area contributed by atoms with Crippen molar-refractivity contribution in [3.63, 3.8) is 0 Å². The fraction of sp³-hybridized carbons (Fsp3) is 0.222. The largest absolute Gasteiger partial charge is 0.475 e. The molecule has 0 atom stereocenters. The van der Waals surface area contributed by atoms with Crippen LogP contribution < -0.4 is 15.2 Å². The van der Waals surface area contributed by atoms with Crippen LogP contribution in [0.15, 0.2) is 53.4 Å². The summed E-state index contributed by atoms with van der Waals surface area (Å²) in [6.07, 6.45) is 0. The average Bonchev–Trinajstić information content (AvgIpc) is 2.60. The van der Waals surface area contributed by atoms with Crippen LogP contribution in [0.25, 0.3) is 11.0 Å². The minimum absolute atomic E-state index is 0.0566. The second-order valence-corrected chi connectivity index (χ2v) is 7.93. The van der Waals surface area contributed by atoms with E-state index in [1.807, 2.05) is 26.0 Å². The number of nitrogens with two attached hydrogens (primary N) is 1. The Balaban J connectivity index is 2.01. The van der Waals surface area contributed by atoms with Gasteiger partial charge in [0.15, 0.2) is 0 Å². The summed E-state index contributed by atoms with van der Waals surface area (Å²) in [6.45, 7) is 4.38. The summed E-state index contributed by atoms with van der Waals surface area (Å²) < 4.78 is 33.5. The molecule has 0 amide bonds. The van der Waals surface area contributed by atoms with Crippen molar-refractivity contribution in [3.8, 4) is 5.88 Å². The summed E-state index contributed by atoms with van der Waals surface area (Å²) in [4.78, 5) is 8.87. The van der Waals surface area contributed by atoms with E-state index in [0.717, 1.165) is 0 Å². The molecule has 1 aromatic heterocycles. The molecule has 0 fully saturated rings. The first-order chi connectivity index (χ1) is 12.3. The third kappa shape index (κ3) is 4.02. The number of nitrogen functional groups attached to an aromatic ring is 1. The summed E-state index contributed by atoms with van der Waals surface area (Å²) in [7, 11) is -3.85. The lowest BCUT2D eigenvalue weighted by Gasteiger charge is -2.14. The van der Waals surface area contributed by atoms with Gasteiger partial charge in [0.1, 0.15) is 0 Å². The third-order valence-electron chi connectivity index (χ3n) is 3.51. The highest BCUT2D eigenvalue weighted by Crippen LogP contribution is 2.26. The Labute approximate surface area is 152 Å². The van der Waals surface area contributed by atoms with Gasteiger partial charge in [-0.1, -0.05) is 26.0 Å². The fourth-order valence-electron chi connectivity index (χ4n) is 2.23. The van der Waals surface area contributed by atoms with E-state index in [1.165, 1.54) is 24.3 Å². The molecule has 26 heavy (non-hydrogen) atoms. The van der Waals surface area contributed by atoms with Gasteiger partial charge < -0.3 is 10.5 Å². The van der Waals surface area contributed by atoms with Gasteiger partial charge in [-0.25, -0.2) is 18.4 Å². The Morgan fingerprint density at radius 3 is 2.27 bits per heavy atom. The lowest BCUT2D eigenvalue weighted by molar-refractivity contribution is 0.263. The Hall–Kier alpha value is -2.87. The van der Waals surface area contributed by atoms with Gasteiger partial charge in [0.25, 0.3) is 15.9 Å². The van der Waals surface area contributed by atoms with Crippen LogP contribution in [0.5, 0.6) is 5.88 Å². The van der Waals surface area contributed by atoms with Crippen LogP contribution in [0.4, 0.5) is 11.5 Å². The van der Waals surface area contributed by atoms with E-state index in [9.17, 15) is 8.42 Å². The van der Waals surface area contributed by atoms with Crippen LogP contribution in [-0.4, -0.2) is 25.0 Å². The van der Waals surface area contributed by atoms with Crippen LogP contribution in [0.3, 0.4) is 0 Å². The second kappa shape index (κ2) is 7.17. The molecule has 0 saturated heterocycles. The predicted octanol–water partition coefficient (Wildman–Crippen LogP) is 3.05. The molecule has 3 aromatic rings. The van der Waals surface area contributed by atoms with E-state index in [0.29, 0.717) is 23.3 Å². The number of sulfonamides is 1. The van der Waals surface area contributed by atoms with Crippen LogP contribution in [-0.2, 0) is 10.0 Å². The molecule has 0 spiro atoms. The van der Waals surface area contributed by atoms with Crippen molar-refractivity contribution < 1.29 is 13.2 Å². The van der Waals surface area contributed by atoms with E-state index < -0.39 is 10.0 Å². The molecule has 7 nitrogen and oxygen atoms in total. The van der Waals surface area contributed by atoms with E-state index in [4.69, 9.17) is 10.5 Å². The summed E-state index contributed by atoms with van der Waals surface area (Å²) >= 11 is 0. The normalized spacial score (nSPS) is 11.7. The average molecular weight is 372 g/mol. The van der Waals surface area contributed by atoms with Crippen molar-refractivity contribution in [2.75, 3.05) is 17.1 Å². The SMILES string of the molecule is CC(C)COc1nc2ccccc2nc1NS(=O)(=O)c1ccc(N)cc1. The number of para-hydroxylation sites is 2. The van der Waals surface area contributed by atoms with Crippen LogP contribution in [0.2, 0.25) is 0 Å². The number of hydrogen-bond acceptors (Lipinski definition) is 6. The number of nitrogens with zero attached hydrogens (tertiary/aromatic N) is 2. The number of hydrogen-bond donors (Lipinski definition) is 2. The zero-order valence-electron chi connectivity index (χ0n) is 14.5. The molecule has 1 heterocycles. The molecule has 8 heteroatoms. The molecule has 0 unspecified atom stereocenters. The molecule has 0 bridgehead atoms. The Kier molecular flexibility index (Phi) is 4.94. The van der Waals surface area contributed by atoms with Gasteiger partial charge in [-0.15, -0.1) is 0 Å². The number of ether oxygens (including phenoxy) is 1. The van der Waals surface area contributed by atoms with E-state index in [1.54, 1.807) is 12.1 Å². The minimum atomic E-state index is -3.85. The first-order valence-electron chi connectivity index (χ1n) is 8.13. The molecule has 0 aliphatic heterocycles. The van der Waals surface area contributed by atoms with Crippen LogP contribution in [0.1, 0.15) is 13.8 Å². The Morgan fingerprint density at radius 1 is 1.04 bits per heavy atom. The summed E-state index contributed by atoms with van der Waals surface area (Å²) in [5.74, 6) is 0.461. The van der Waals surface area contributed by atoms with Crippen molar-refractivity contribution in [2.24, 2.45) is 5.92 Å². The number of anilines is 2. The van der Waals surface area contributed by atoms with E-state index in [2.05, 4.69) is 14.7 Å². The zero-order chi connectivity index (χ0) is 18.7. The maximum absolute atomic E-state index is 12.7. The highest BCUT2D eigenvalue weighted by molar-refractivity contribution is 7.92. The first kappa shape index (κ1) is 17.9. The number of rotatable bonds is 6. The van der Waals surface area contributed by atoms with Crippen LogP contribution >= 0.6 is 0 Å². The van der Waals surface area contributed by atoms with Crippen molar-refractivity contribution in [1.29, 1.82) is 0 Å². The van der Waals surface area contributed by atoms with Gasteiger partial charge in [0.05, 0.1) is 22.5 Å². The lowest BCUT2D eigenvalue weighted by Crippen LogP contribution is -2.16. The Bertz CT molecular complexity index is 1020. The molecule has 0 aliphatic carbocycles. The molecular formula is C18H20N4O3S. The van der Waals surface area contributed by atoms with Crippen molar-refractivity contribution in [2.45, 2.75) is 18.7 Å². The molecule has 3 N–H and O–H groups in total. The topological polar surface area (TPSA) is 107 Å². The monoisotopic (exact) mass is 372 g/mol. The van der Waals surface area contributed by atoms with E-state index >= 15 is 0 Å². The Morgan fingerprint density at radius 2 is 1.65 bits per heavy atom. The maximum atomic E-state index is 12.7. The number of aromatic nitrogens is 2. The first-order valence-corrected chi connectivity index (χ1v) is 9.61. The quantitative estimate of drug-likeness (QED) is 0.644. The highest BCUT2D eigenvalue weighted by Gasteiger charge is 2.19. The van der Waals surface area contributed by atoms with Gasteiger partial charge in [0, 0.05) is 5.69 Å². The third-order valence-corrected chi connectivity index (χ3v) is 4.87. The summed E-state index contributed by atoms with van der Waals surface area (Å²) in [5, 5.41) is 0. The predicted molar refractivity (Wildman–Crippen MR) is 102 cm³/mol. The van der Waals surface area contributed by atoms with Gasteiger partial charge in [-0.3, -0.25) is 4.72 Å². The molecular weight excluding hydrogens is 352 g/mol. The molecule has 2 aromatic carbocycles. The van der Waals surface area contributed by atoms with E-state index in [-0.39, 0.29) is 22.5 Å². The van der Waals surface area contributed by atoms with Gasteiger partial charge in [0.2, 0.25) is 5.82 Å².